The molecule has 1 unspecified atom stereocenters. The average molecular weight is 363 g/mol. The summed E-state index contributed by atoms with van der Waals surface area (Å²) in [5, 5.41) is 3.57. The van der Waals surface area contributed by atoms with E-state index in [9.17, 15) is 4.79 Å². The van der Waals surface area contributed by atoms with Gasteiger partial charge in [0.2, 0.25) is 5.91 Å². The Balaban J connectivity index is 2.01. The van der Waals surface area contributed by atoms with Gasteiger partial charge in [0.1, 0.15) is 0 Å². The first-order valence-corrected chi connectivity index (χ1v) is 8.30. The maximum absolute atomic E-state index is 12.3. The number of amides is 1. The van der Waals surface area contributed by atoms with E-state index in [-0.39, 0.29) is 18.5 Å². The van der Waals surface area contributed by atoms with E-state index in [1.165, 1.54) is 0 Å². The second-order valence-corrected chi connectivity index (χ2v) is 6.14. The molecule has 0 aromatic heterocycles. The third kappa shape index (κ3) is 4.87. The van der Waals surface area contributed by atoms with Gasteiger partial charge in [-0.05, 0) is 37.7 Å². The molecule has 134 valence electrons. The van der Waals surface area contributed by atoms with Gasteiger partial charge in [-0.25, -0.2) is 0 Å². The van der Waals surface area contributed by atoms with Crippen LogP contribution in [0.4, 0.5) is 5.69 Å². The zero-order valence-corrected chi connectivity index (χ0v) is 15.6. The predicted molar refractivity (Wildman–Crippen MR) is 101 cm³/mol. The molecule has 1 N–H and O–H groups in total. The van der Waals surface area contributed by atoms with Gasteiger partial charge < -0.3 is 14.8 Å². The predicted octanol–water partition coefficient (Wildman–Crippen LogP) is 3.99. The van der Waals surface area contributed by atoms with Crippen LogP contribution in [-0.4, -0.2) is 38.6 Å². The van der Waals surface area contributed by atoms with E-state index in [2.05, 4.69) is 5.32 Å². The van der Waals surface area contributed by atoms with Crippen LogP contribution in [0, 0.1) is 0 Å². The number of hydrogen-bond acceptors (Lipinski definition) is 4. The second-order valence-electron chi connectivity index (χ2n) is 5.73. The molecule has 2 aromatic carbocycles. The summed E-state index contributed by atoms with van der Waals surface area (Å²) in [7, 11) is 5.02. The number of likely N-dealkylation sites (N-methyl/N-ethyl adjacent to an activating group) is 1. The van der Waals surface area contributed by atoms with Gasteiger partial charge >= 0.3 is 0 Å². The lowest BCUT2D eigenvalue weighted by atomic mass is 10.1. The van der Waals surface area contributed by atoms with Crippen LogP contribution in [0.3, 0.4) is 0 Å². The summed E-state index contributed by atoms with van der Waals surface area (Å²) in [4.78, 5) is 14.3. The Hall–Kier alpha value is -2.24. The van der Waals surface area contributed by atoms with E-state index in [0.717, 1.165) is 5.56 Å². The summed E-state index contributed by atoms with van der Waals surface area (Å²) in [6.07, 6.45) is 0. The van der Waals surface area contributed by atoms with E-state index in [4.69, 9.17) is 21.1 Å². The number of anilines is 1. The largest absolute Gasteiger partial charge is 0.493 e. The average Bonchev–Trinajstić information content (AvgIpc) is 2.61. The fourth-order valence-electron chi connectivity index (χ4n) is 2.53. The van der Waals surface area contributed by atoms with Crippen molar-refractivity contribution in [2.45, 2.75) is 13.0 Å². The Morgan fingerprint density at radius 1 is 1.16 bits per heavy atom. The molecule has 0 bridgehead atoms. The molecule has 6 heteroatoms. The van der Waals surface area contributed by atoms with Crippen molar-refractivity contribution >= 4 is 23.2 Å². The molecule has 0 fully saturated rings. The lowest BCUT2D eigenvalue weighted by Gasteiger charge is -2.25. The minimum absolute atomic E-state index is 0.0184. The van der Waals surface area contributed by atoms with Crippen LogP contribution in [0.15, 0.2) is 42.5 Å². The molecular weight excluding hydrogens is 340 g/mol. The van der Waals surface area contributed by atoms with Crippen LogP contribution in [0.5, 0.6) is 11.5 Å². The van der Waals surface area contributed by atoms with Crippen molar-refractivity contribution in [1.82, 2.24) is 4.90 Å². The molecule has 2 aromatic rings. The number of ether oxygens (including phenoxy) is 2. The van der Waals surface area contributed by atoms with Crippen LogP contribution in [-0.2, 0) is 4.79 Å². The Labute approximate surface area is 153 Å². The number of hydrogen-bond donors (Lipinski definition) is 1. The monoisotopic (exact) mass is 362 g/mol. The van der Waals surface area contributed by atoms with Crippen molar-refractivity contribution in [2.75, 3.05) is 33.1 Å². The van der Waals surface area contributed by atoms with Crippen LogP contribution < -0.4 is 14.8 Å². The molecule has 0 saturated carbocycles. The number of nitrogens with zero attached hydrogens (tertiary/aromatic N) is 1. The molecule has 1 amide bonds. The van der Waals surface area contributed by atoms with E-state index in [1.807, 2.05) is 43.1 Å². The summed E-state index contributed by atoms with van der Waals surface area (Å²) >= 11 is 6.24. The normalized spacial score (nSPS) is 11.9. The Morgan fingerprint density at radius 3 is 2.48 bits per heavy atom. The number of methoxy groups -OCH3 is 2. The van der Waals surface area contributed by atoms with Gasteiger partial charge in [0, 0.05) is 22.8 Å². The third-order valence-corrected chi connectivity index (χ3v) is 4.42. The van der Waals surface area contributed by atoms with Gasteiger partial charge in [-0.15, -0.1) is 0 Å². The zero-order valence-electron chi connectivity index (χ0n) is 14.9. The Bertz CT molecular complexity index is 736. The number of carbonyl (C=O) groups excluding carboxylic acids is 1. The van der Waals surface area contributed by atoms with Gasteiger partial charge in [0.25, 0.3) is 0 Å². The van der Waals surface area contributed by atoms with Crippen LogP contribution in [0.1, 0.15) is 18.5 Å². The van der Waals surface area contributed by atoms with E-state index >= 15 is 0 Å². The highest BCUT2D eigenvalue weighted by Crippen LogP contribution is 2.30. The lowest BCUT2D eigenvalue weighted by molar-refractivity contribution is -0.117. The van der Waals surface area contributed by atoms with Crippen molar-refractivity contribution in [2.24, 2.45) is 0 Å². The van der Waals surface area contributed by atoms with Crippen molar-refractivity contribution in [3.63, 3.8) is 0 Å². The molecule has 0 radical (unpaired) electrons. The molecule has 0 aliphatic carbocycles. The lowest BCUT2D eigenvalue weighted by Crippen LogP contribution is -2.32. The topological polar surface area (TPSA) is 50.8 Å². The van der Waals surface area contributed by atoms with E-state index < -0.39 is 0 Å². The number of carbonyl (C=O) groups is 1. The van der Waals surface area contributed by atoms with Crippen LogP contribution in [0.2, 0.25) is 5.02 Å². The highest BCUT2D eigenvalue weighted by Gasteiger charge is 2.17. The van der Waals surface area contributed by atoms with Gasteiger partial charge in [0.05, 0.1) is 20.8 Å². The fourth-order valence-corrected chi connectivity index (χ4v) is 2.82. The molecule has 0 aliphatic heterocycles. The van der Waals surface area contributed by atoms with Gasteiger partial charge in [-0.1, -0.05) is 29.8 Å². The van der Waals surface area contributed by atoms with Crippen LogP contribution in [0.25, 0.3) is 0 Å². The SMILES string of the molecule is COc1ccc(NC(=O)CN(C)C(C)c2ccccc2Cl)cc1OC. The summed E-state index contributed by atoms with van der Waals surface area (Å²) in [5.41, 5.74) is 1.65. The molecule has 0 aliphatic rings. The molecule has 1 atom stereocenters. The highest BCUT2D eigenvalue weighted by atomic mass is 35.5. The maximum Gasteiger partial charge on any atom is 0.238 e. The number of rotatable bonds is 7. The molecule has 0 saturated heterocycles. The highest BCUT2D eigenvalue weighted by molar-refractivity contribution is 6.31. The van der Waals surface area contributed by atoms with Crippen molar-refractivity contribution < 1.29 is 14.3 Å². The standard InChI is InChI=1S/C19H23ClN2O3/c1-13(15-7-5-6-8-16(15)20)22(2)12-19(23)21-14-9-10-17(24-3)18(11-14)25-4/h5-11,13H,12H2,1-4H3,(H,21,23). The van der Waals surface area contributed by atoms with E-state index in [1.54, 1.807) is 32.4 Å². The Kier molecular flexibility index (Phi) is 6.67. The smallest absolute Gasteiger partial charge is 0.238 e. The molecule has 5 nitrogen and oxygen atoms in total. The summed E-state index contributed by atoms with van der Waals surface area (Å²) in [6, 6.07) is 12.9. The zero-order chi connectivity index (χ0) is 18.4. The molecule has 0 heterocycles. The van der Waals surface area contributed by atoms with Gasteiger partial charge in [-0.2, -0.15) is 0 Å². The molecule has 0 spiro atoms. The number of halogens is 1. The number of benzene rings is 2. The molecule has 2 rings (SSSR count). The first-order valence-electron chi connectivity index (χ1n) is 7.92. The summed E-state index contributed by atoms with van der Waals surface area (Å²) < 4.78 is 10.4. The van der Waals surface area contributed by atoms with Gasteiger partial charge in [-0.3, -0.25) is 9.69 Å². The summed E-state index contributed by atoms with van der Waals surface area (Å²) in [6.45, 7) is 2.26. The van der Waals surface area contributed by atoms with Crippen LogP contribution >= 0.6 is 11.6 Å². The minimum atomic E-state index is -0.117. The Morgan fingerprint density at radius 2 is 1.84 bits per heavy atom. The number of nitrogens with one attached hydrogen (secondary N) is 1. The minimum Gasteiger partial charge on any atom is -0.493 e. The fraction of sp³-hybridized carbons (Fsp3) is 0.316. The second kappa shape index (κ2) is 8.74. The molecule has 25 heavy (non-hydrogen) atoms. The quantitative estimate of drug-likeness (QED) is 0.809. The van der Waals surface area contributed by atoms with Crippen molar-refractivity contribution in [1.29, 1.82) is 0 Å². The van der Waals surface area contributed by atoms with E-state index in [0.29, 0.717) is 22.2 Å². The first-order chi connectivity index (χ1) is 12.0. The van der Waals surface area contributed by atoms with Crippen molar-refractivity contribution in [3.8, 4) is 11.5 Å². The molecular formula is C19H23ClN2O3. The maximum atomic E-state index is 12.3. The third-order valence-electron chi connectivity index (χ3n) is 4.08. The van der Waals surface area contributed by atoms with Crippen molar-refractivity contribution in [3.05, 3.63) is 53.1 Å². The first kappa shape index (κ1) is 19.1. The summed E-state index contributed by atoms with van der Waals surface area (Å²) in [5.74, 6) is 1.07. The van der Waals surface area contributed by atoms with Gasteiger partial charge in [0.15, 0.2) is 11.5 Å².